The number of rotatable bonds is 3. The summed E-state index contributed by atoms with van der Waals surface area (Å²) >= 11 is 0. The molecule has 5 nitrogen and oxygen atoms in total. The van der Waals surface area contributed by atoms with Crippen molar-refractivity contribution in [1.29, 1.82) is 0 Å². The van der Waals surface area contributed by atoms with E-state index in [2.05, 4.69) is 10.1 Å². The summed E-state index contributed by atoms with van der Waals surface area (Å²) in [6.45, 7) is 5.77. The number of aromatic nitrogens is 3. The van der Waals surface area contributed by atoms with Crippen molar-refractivity contribution in [3.8, 4) is 0 Å². The predicted molar refractivity (Wildman–Crippen MR) is 86.8 cm³/mol. The Morgan fingerprint density at radius 3 is 2.54 bits per heavy atom. The molecule has 2 aromatic rings. The minimum Gasteiger partial charge on any atom is -0.356 e. The molecule has 1 aliphatic rings. The average Bonchev–Trinajstić information content (AvgIpc) is 2.87. The molecule has 0 atom stereocenters. The van der Waals surface area contributed by atoms with E-state index in [1.807, 2.05) is 18.7 Å². The van der Waals surface area contributed by atoms with E-state index < -0.39 is 11.7 Å². The van der Waals surface area contributed by atoms with Crippen LogP contribution in [0.4, 0.5) is 19.0 Å². The van der Waals surface area contributed by atoms with E-state index in [1.54, 1.807) is 4.68 Å². The van der Waals surface area contributed by atoms with Gasteiger partial charge in [-0.05, 0) is 24.8 Å². The highest BCUT2D eigenvalue weighted by Gasteiger charge is 2.35. The molecule has 0 unspecified atom stereocenters. The van der Waals surface area contributed by atoms with Gasteiger partial charge in [0.1, 0.15) is 5.82 Å². The van der Waals surface area contributed by atoms with Gasteiger partial charge in [-0.15, -0.1) is 0 Å². The molecule has 132 valence electrons. The van der Waals surface area contributed by atoms with Crippen LogP contribution < -0.4 is 10.6 Å². The summed E-state index contributed by atoms with van der Waals surface area (Å²) in [4.78, 5) is 6.24. The van der Waals surface area contributed by atoms with Gasteiger partial charge in [0.2, 0.25) is 0 Å². The molecule has 1 aliphatic heterocycles. The first kappa shape index (κ1) is 17.0. The Morgan fingerprint density at radius 1 is 1.29 bits per heavy atom. The summed E-state index contributed by atoms with van der Waals surface area (Å²) in [5.41, 5.74) is 5.35. The average molecular weight is 341 g/mol. The first-order valence-electron chi connectivity index (χ1n) is 8.20. The van der Waals surface area contributed by atoms with E-state index in [4.69, 9.17) is 5.73 Å². The number of fused-ring (bicyclic) bond motifs is 1. The number of nitrogens with two attached hydrogens (primary N) is 1. The first-order valence-corrected chi connectivity index (χ1v) is 8.20. The van der Waals surface area contributed by atoms with Crippen LogP contribution in [0.1, 0.15) is 32.3 Å². The molecule has 0 saturated carbocycles. The van der Waals surface area contributed by atoms with Crippen molar-refractivity contribution in [3.05, 3.63) is 17.8 Å². The van der Waals surface area contributed by atoms with Gasteiger partial charge in [0.15, 0.2) is 5.65 Å². The van der Waals surface area contributed by atoms with Crippen molar-refractivity contribution in [2.24, 2.45) is 11.7 Å². The Hall–Kier alpha value is -1.83. The van der Waals surface area contributed by atoms with Crippen LogP contribution in [0.3, 0.4) is 0 Å². The number of anilines is 1. The summed E-state index contributed by atoms with van der Waals surface area (Å²) in [7, 11) is 0. The highest BCUT2D eigenvalue weighted by molar-refractivity contribution is 5.81. The van der Waals surface area contributed by atoms with Gasteiger partial charge in [-0.3, -0.25) is 4.68 Å². The van der Waals surface area contributed by atoms with Gasteiger partial charge in [0.05, 0.1) is 10.9 Å². The summed E-state index contributed by atoms with van der Waals surface area (Å²) in [6.07, 6.45) is -1.49. The van der Waals surface area contributed by atoms with E-state index in [1.165, 1.54) is 6.20 Å². The molecule has 2 aromatic heterocycles. The third kappa shape index (κ3) is 3.48. The highest BCUT2D eigenvalue weighted by atomic mass is 19.4. The SMILES string of the molecule is CC(C)Cn1cc2c(C(F)(F)F)cc(N3CCC(N)CC3)nc2n1. The van der Waals surface area contributed by atoms with E-state index in [-0.39, 0.29) is 23.0 Å². The van der Waals surface area contributed by atoms with Crippen LogP contribution in [0.5, 0.6) is 0 Å². The normalized spacial score (nSPS) is 17.2. The molecule has 0 radical (unpaired) electrons. The van der Waals surface area contributed by atoms with Gasteiger partial charge in [0, 0.05) is 31.9 Å². The van der Waals surface area contributed by atoms with E-state index in [0.29, 0.717) is 25.5 Å². The van der Waals surface area contributed by atoms with Crippen molar-refractivity contribution in [1.82, 2.24) is 14.8 Å². The number of halogens is 3. The summed E-state index contributed by atoms with van der Waals surface area (Å²) in [5, 5.41) is 4.31. The molecule has 3 rings (SSSR count). The molecule has 8 heteroatoms. The topological polar surface area (TPSA) is 60.0 Å². The van der Waals surface area contributed by atoms with Crippen LogP contribution in [-0.2, 0) is 12.7 Å². The van der Waals surface area contributed by atoms with Gasteiger partial charge in [0.25, 0.3) is 0 Å². The molecule has 0 bridgehead atoms. The maximum Gasteiger partial charge on any atom is 0.417 e. The molecule has 0 amide bonds. The number of alkyl halides is 3. The molecule has 1 fully saturated rings. The lowest BCUT2D eigenvalue weighted by Gasteiger charge is -2.31. The van der Waals surface area contributed by atoms with Crippen molar-refractivity contribution in [3.63, 3.8) is 0 Å². The van der Waals surface area contributed by atoms with Gasteiger partial charge in [-0.2, -0.15) is 18.3 Å². The van der Waals surface area contributed by atoms with Crippen molar-refractivity contribution >= 4 is 16.9 Å². The number of nitrogens with zero attached hydrogens (tertiary/aromatic N) is 4. The van der Waals surface area contributed by atoms with Crippen LogP contribution in [0, 0.1) is 5.92 Å². The lowest BCUT2D eigenvalue weighted by atomic mass is 10.1. The third-order valence-corrected chi connectivity index (χ3v) is 4.25. The van der Waals surface area contributed by atoms with Crippen molar-refractivity contribution in [2.45, 2.75) is 45.5 Å². The summed E-state index contributed by atoms with van der Waals surface area (Å²) in [5.74, 6) is 0.619. The molecule has 2 N–H and O–H groups in total. The molecule has 0 spiro atoms. The maximum absolute atomic E-state index is 13.5. The zero-order chi connectivity index (χ0) is 17.5. The summed E-state index contributed by atoms with van der Waals surface area (Å²) < 4.78 is 42.0. The molecule has 0 aromatic carbocycles. The quantitative estimate of drug-likeness (QED) is 0.932. The highest BCUT2D eigenvalue weighted by Crippen LogP contribution is 2.36. The monoisotopic (exact) mass is 341 g/mol. The fraction of sp³-hybridized carbons (Fsp3) is 0.625. The fourth-order valence-corrected chi connectivity index (χ4v) is 3.02. The third-order valence-electron chi connectivity index (χ3n) is 4.25. The second-order valence-corrected chi connectivity index (χ2v) is 6.83. The number of hydrogen-bond donors (Lipinski definition) is 1. The number of hydrogen-bond acceptors (Lipinski definition) is 4. The lowest BCUT2D eigenvalue weighted by Crippen LogP contribution is -2.40. The second kappa shape index (κ2) is 6.23. The molecule has 0 aliphatic carbocycles. The van der Waals surface area contributed by atoms with Gasteiger partial charge < -0.3 is 10.6 Å². The van der Waals surface area contributed by atoms with E-state index in [9.17, 15) is 13.2 Å². The molecular formula is C16H22F3N5. The Bertz CT molecular complexity index is 714. The van der Waals surface area contributed by atoms with Crippen LogP contribution in [0.2, 0.25) is 0 Å². The minimum absolute atomic E-state index is 0.0561. The van der Waals surface area contributed by atoms with E-state index in [0.717, 1.165) is 18.9 Å². The first-order chi connectivity index (χ1) is 11.2. The van der Waals surface area contributed by atoms with Crippen molar-refractivity contribution < 1.29 is 13.2 Å². The zero-order valence-electron chi connectivity index (χ0n) is 13.8. The smallest absolute Gasteiger partial charge is 0.356 e. The van der Waals surface area contributed by atoms with Gasteiger partial charge in [-0.1, -0.05) is 13.8 Å². The van der Waals surface area contributed by atoms with Gasteiger partial charge in [-0.25, -0.2) is 4.98 Å². The standard InChI is InChI=1S/C16H22F3N5/c1-10(2)8-24-9-12-13(16(17,18)19)7-14(21-15(12)22-24)23-5-3-11(20)4-6-23/h7,9-11H,3-6,8,20H2,1-2H3. The lowest BCUT2D eigenvalue weighted by molar-refractivity contribution is -0.136. The zero-order valence-corrected chi connectivity index (χ0v) is 13.8. The maximum atomic E-state index is 13.5. The molecule has 3 heterocycles. The predicted octanol–water partition coefficient (Wildman–Crippen LogP) is 3.03. The summed E-state index contributed by atoms with van der Waals surface area (Å²) in [6, 6.07) is 1.25. The van der Waals surface area contributed by atoms with Crippen molar-refractivity contribution in [2.75, 3.05) is 18.0 Å². The Labute approximate surface area is 138 Å². The molecule has 24 heavy (non-hydrogen) atoms. The van der Waals surface area contributed by atoms with E-state index >= 15 is 0 Å². The fourth-order valence-electron chi connectivity index (χ4n) is 3.02. The van der Waals surface area contributed by atoms with Crippen LogP contribution in [-0.4, -0.2) is 33.9 Å². The number of piperidine rings is 1. The Balaban J connectivity index is 2.04. The van der Waals surface area contributed by atoms with Crippen LogP contribution in [0.25, 0.3) is 11.0 Å². The minimum atomic E-state index is -4.44. The molecule has 1 saturated heterocycles. The molecular weight excluding hydrogens is 319 g/mol. The largest absolute Gasteiger partial charge is 0.417 e. The second-order valence-electron chi connectivity index (χ2n) is 6.83. The number of pyridine rings is 1. The Morgan fingerprint density at radius 2 is 1.96 bits per heavy atom. The van der Waals surface area contributed by atoms with Crippen LogP contribution >= 0.6 is 0 Å². The van der Waals surface area contributed by atoms with Crippen LogP contribution in [0.15, 0.2) is 12.3 Å². The Kier molecular flexibility index (Phi) is 4.42. The van der Waals surface area contributed by atoms with Gasteiger partial charge >= 0.3 is 6.18 Å².